The number of rotatable bonds is 1. The van der Waals surface area contributed by atoms with Crippen molar-refractivity contribution in [1.29, 1.82) is 0 Å². The Morgan fingerprint density at radius 1 is 1.62 bits per heavy atom. The molecule has 0 aromatic heterocycles. The zero-order valence-electron chi connectivity index (χ0n) is 5.31. The van der Waals surface area contributed by atoms with Crippen LogP contribution in [0.3, 0.4) is 0 Å². The molecule has 0 saturated carbocycles. The number of ether oxygens (including phenoxy) is 1. The summed E-state index contributed by atoms with van der Waals surface area (Å²) in [6.07, 6.45) is 1.72. The zero-order chi connectivity index (χ0) is 6.41. The minimum Gasteiger partial charge on any atom is -0.377 e. The van der Waals surface area contributed by atoms with Crippen LogP contribution in [0.25, 0.3) is 0 Å². The fourth-order valence-corrected chi connectivity index (χ4v) is 0. The second-order valence-electron chi connectivity index (χ2n) is 1.66. The number of allylic oxidation sites excluding steroid dienone is 2. The smallest absolute Gasteiger partial charge is 0.0701 e. The van der Waals surface area contributed by atoms with Crippen molar-refractivity contribution in [2.75, 3.05) is 13.2 Å². The van der Waals surface area contributed by atoms with Gasteiger partial charge in [0.1, 0.15) is 0 Å². The largest absolute Gasteiger partial charge is 0.377 e. The maximum Gasteiger partial charge on any atom is 0.0701 e. The Morgan fingerprint density at radius 2 is 1.88 bits per heavy atom. The van der Waals surface area contributed by atoms with Gasteiger partial charge in [-0.2, -0.15) is 0 Å². The summed E-state index contributed by atoms with van der Waals surface area (Å²) in [5.74, 6) is 0. The summed E-state index contributed by atoms with van der Waals surface area (Å²) in [5.41, 5.74) is 1.02. The van der Waals surface area contributed by atoms with E-state index in [2.05, 4.69) is 17.9 Å². The fourth-order valence-electron chi connectivity index (χ4n) is 0. The summed E-state index contributed by atoms with van der Waals surface area (Å²) in [5, 5.41) is 0. The summed E-state index contributed by atoms with van der Waals surface area (Å²) in [6.45, 7) is 10.9. The van der Waals surface area contributed by atoms with Gasteiger partial charge in [-0.25, -0.2) is 0 Å². The van der Waals surface area contributed by atoms with E-state index in [1.165, 1.54) is 0 Å². The highest BCUT2D eigenvalue weighted by atomic mass is 16.6. The van der Waals surface area contributed by atoms with Crippen molar-refractivity contribution in [1.82, 2.24) is 0 Å². The number of hydrogen-bond acceptors (Lipinski definition) is 1. The summed E-state index contributed by atoms with van der Waals surface area (Å²) in [6, 6.07) is 0. The lowest BCUT2D eigenvalue weighted by molar-refractivity contribution is 0.475. The Labute approximate surface area is 50.7 Å². The highest BCUT2D eigenvalue weighted by molar-refractivity contribution is 5.05. The Hall–Kier alpha value is -0.560. The first kappa shape index (κ1) is 7.44. The van der Waals surface area contributed by atoms with Crippen LogP contribution < -0.4 is 0 Å². The Kier molecular flexibility index (Phi) is 4.27. The molecule has 1 fully saturated rings. The van der Waals surface area contributed by atoms with Crippen LogP contribution in [0.5, 0.6) is 0 Å². The van der Waals surface area contributed by atoms with E-state index in [1.807, 2.05) is 6.92 Å². The van der Waals surface area contributed by atoms with E-state index in [-0.39, 0.29) is 0 Å². The summed E-state index contributed by atoms with van der Waals surface area (Å²) in [7, 11) is 0. The molecule has 0 amide bonds. The molecule has 0 unspecified atom stereocenters. The average molecular weight is 112 g/mol. The molecule has 0 radical (unpaired) electrons. The van der Waals surface area contributed by atoms with E-state index in [9.17, 15) is 0 Å². The Bertz CT molecular complexity index is 79.6. The van der Waals surface area contributed by atoms with Gasteiger partial charge in [0.25, 0.3) is 0 Å². The van der Waals surface area contributed by atoms with Crippen molar-refractivity contribution >= 4 is 0 Å². The molecular formula is C7H12O. The van der Waals surface area contributed by atoms with Gasteiger partial charge in [0, 0.05) is 0 Å². The Morgan fingerprint density at radius 3 is 1.88 bits per heavy atom. The molecule has 1 saturated heterocycles. The molecule has 0 spiro atoms. The third-order valence-corrected chi connectivity index (χ3v) is 0.553. The normalized spacial score (nSPS) is 13.1. The summed E-state index contributed by atoms with van der Waals surface area (Å²) < 4.78 is 4.50. The van der Waals surface area contributed by atoms with Gasteiger partial charge in [0.15, 0.2) is 0 Å². The third kappa shape index (κ3) is 18.0. The predicted molar refractivity (Wildman–Crippen MR) is 35.8 cm³/mol. The first-order valence-corrected chi connectivity index (χ1v) is 2.63. The molecule has 0 aromatic carbocycles. The van der Waals surface area contributed by atoms with Crippen molar-refractivity contribution in [3.63, 3.8) is 0 Å². The van der Waals surface area contributed by atoms with E-state index >= 15 is 0 Å². The number of hydrogen-bond donors (Lipinski definition) is 0. The molecule has 1 heteroatoms. The number of epoxide rings is 1. The predicted octanol–water partition coefficient (Wildman–Crippen LogP) is 1.77. The molecule has 1 heterocycles. The zero-order valence-corrected chi connectivity index (χ0v) is 5.31. The maximum absolute atomic E-state index is 4.50. The van der Waals surface area contributed by atoms with Gasteiger partial charge in [-0.3, -0.25) is 0 Å². The van der Waals surface area contributed by atoms with Crippen LogP contribution in [0.15, 0.2) is 24.8 Å². The lowest BCUT2D eigenvalue weighted by Gasteiger charge is -1.71. The van der Waals surface area contributed by atoms with Crippen LogP contribution in [0.2, 0.25) is 0 Å². The van der Waals surface area contributed by atoms with E-state index < -0.39 is 0 Å². The second kappa shape index (κ2) is 4.60. The Balaban J connectivity index is 0.000000135. The molecule has 46 valence electrons. The highest BCUT2D eigenvalue weighted by Crippen LogP contribution is 1.84. The van der Waals surface area contributed by atoms with Crippen molar-refractivity contribution < 1.29 is 4.74 Å². The highest BCUT2D eigenvalue weighted by Gasteiger charge is 1.94. The maximum atomic E-state index is 4.50. The summed E-state index contributed by atoms with van der Waals surface area (Å²) >= 11 is 0. The van der Waals surface area contributed by atoms with E-state index in [1.54, 1.807) is 6.08 Å². The van der Waals surface area contributed by atoms with E-state index in [4.69, 9.17) is 0 Å². The SMILES string of the molecule is C1CO1.C=CC(=C)C. The fraction of sp³-hybridized carbons (Fsp3) is 0.429. The second-order valence-corrected chi connectivity index (χ2v) is 1.66. The van der Waals surface area contributed by atoms with Crippen molar-refractivity contribution in [3.05, 3.63) is 24.8 Å². The van der Waals surface area contributed by atoms with Crippen LogP contribution in [0.1, 0.15) is 6.92 Å². The van der Waals surface area contributed by atoms with Crippen molar-refractivity contribution in [2.45, 2.75) is 6.92 Å². The van der Waals surface area contributed by atoms with Crippen LogP contribution in [-0.4, -0.2) is 13.2 Å². The van der Waals surface area contributed by atoms with Gasteiger partial charge in [-0.1, -0.05) is 24.8 Å². The van der Waals surface area contributed by atoms with E-state index in [0.717, 1.165) is 18.8 Å². The van der Waals surface area contributed by atoms with Gasteiger partial charge in [0.2, 0.25) is 0 Å². The van der Waals surface area contributed by atoms with Gasteiger partial charge >= 0.3 is 0 Å². The minimum absolute atomic E-state index is 1.00. The van der Waals surface area contributed by atoms with Crippen LogP contribution in [-0.2, 0) is 4.74 Å². The molecule has 0 aliphatic carbocycles. The topological polar surface area (TPSA) is 12.5 Å². The molecule has 1 aliphatic heterocycles. The van der Waals surface area contributed by atoms with Crippen LogP contribution in [0.4, 0.5) is 0 Å². The van der Waals surface area contributed by atoms with Gasteiger partial charge < -0.3 is 4.74 Å². The average Bonchev–Trinajstić information content (AvgIpc) is 2.48. The van der Waals surface area contributed by atoms with Crippen molar-refractivity contribution in [2.24, 2.45) is 0 Å². The molecule has 0 aromatic rings. The standard InChI is InChI=1S/C5H8.C2H4O/c1-4-5(2)3;1-2-3-1/h4H,1-2H2,3H3;1-2H2. The quantitative estimate of drug-likeness (QED) is 0.372. The summed E-state index contributed by atoms with van der Waals surface area (Å²) in [4.78, 5) is 0. The van der Waals surface area contributed by atoms with E-state index in [0.29, 0.717) is 0 Å². The monoisotopic (exact) mass is 112 g/mol. The molecule has 1 nitrogen and oxygen atoms in total. The molecule has 0 bridgehead atoms. The third-order valence-electron chi connectivity index (χ3n) is 0.553. The van der Waals surface area contributed by atoms with Gasteiger partial charge in [0.05, 0.1) is 13.2 Å². The molecule has 1 aliphatic rings. The molecule has 8 heavy (non-hydrogen) atoms. The van der Waals surface area contributed by atoms with Crippen LogP contribution in [0, 0.1) is 0 Å². The van der Waals surface area contributed by atoms with Crippen LogP contribution >= 0.6 is 0 Å². The molecule has 0 N–H and O–H groups in total. The molecule has 0 atom stereocenters. The van der Waals surface area contributed by atoms with Crippen molar-refractivity contribution in [3.8, 4) is 0 Å². The first-order valence-electron chi connectivity index (χ1n) is 2.63. The lowest BCUT2D eigenvalue weighted by Crippen LogP contribution is -1.50. The lowest BCUT2D eigenvalue weighted by atomic mass is 10.4. The van der Waals surface area contributed by atoms with Gasteiger partial charge in [-0.15, -0.1) is 0 Å². The molecular weight excluding hydrogens is 100 g/mol. The minimum atomic E-state index is 1.00. The molecule has 1 rings (SSSR count). The first-order chi connectivity index (χ1) is 3.77. The van der Waals surface area contributed by atoms with Gasteiger partial charge in [-0.05, 0) is 6.92 Å².